The first-order valence-corrected chi connectivity index (χ1v) is 9.53. The highest BCUT2D eigenvalue weighted by molar-refractivity contribution is 5.75. The van der Waals surface area contributed by atoms with Crippen molar-refractivity contribution in [1.29, 1.82) is 15.8 Å². The highest BCUT2D eigenvalue weighted by Crippen LogP contribution is 2.54. The van der Waals surface area contributed by atoms with Crippen LogP contribution in [0.4, 0.5) is 0 Å². The monoisotopic (exact) mass is 418 g/mol. The van der Waals surface area contributed by atoms with E-state index < -0.39 is 17.2 Å². The van der Waals surface area contributed by atoms with Gasteiger partial charge in [0, 0.05) is 24.9 Å². The number of rotatable bonds is 5. The number of nitrogens with zero attached hydrogens (tertiary/aromatic N) is 4. The maximum Gasteiger partial charge on any atom is 0.255 e. The van der Waals surface area contributed by atoms with Crippen LogP contribution in [0, 0.1) is 45.3 Å². The lowest BCUT2D eigenvalue weighted by Gasteiger charge is -2.45. The molecule has 158 valence electrons. The van der Waals surface area contributed by atoms with Crippen molar-refractivity contribution in [3.63, 3.8) is 0 Å². The topological polar surface area (TPSA) is 162 Å². The normalized spacial score (nSPS) is 22.2. The second-order valence-electron chi connectivity index (χ2n) is 7.56. The van der Waals surface area contributed by atoms with Gasteiger partial charge >= 0.3 is 0 Å². The van der Waals surface area contributed by atoms with Crippen LogP contribution in [0.2, 0.25) is 0 Å². The Morgan fingerprint density at radius 2 is 2.00 bits per heavy atom. The number of carbonyl (C=O) groups excluding carboxylic acids is 1. The van der Waals surface area contributed by atoms with Gasteiger partial charge in [-0.05, 0) is 30.3 Å². The SMILES string of the molecule is COc1cc([C@H]2C3CN(C)CC=C3C(C#N)=C(N)C2(C#N)C#N)ccc1OCC(N)=O. The summed E-state index contributed by atoms with van der Waals surface area (Å²) in [6, 6.07) is 11.3. The number of amides is 1. The third-order valence-corrected chi connectivity index (χ3v) is 5.76. The minimum absolute atomic E-state index is 0.0370. The molecule has 1 aromatic carbocycles. The van der Waals surface area contributed by atoms with Crippen LogP contribution < -0.4 is 20.9 Å². The summed E-state index contributed by atoms with van der Waals surface area (Å²) in [6.07, 6.45) is 1.92. The molecule has 9 nitrogen and oxygen atoms in total. The van der Waals surface area contributed by atoms with Crippen molar-refractivity contribution in [3.05, 3.63) is 46.7 Å². The van der Waals surface area contributed by atoms with E-state index in [9.17, 15) is 20.6 Å². The van der Waals surface area contributed by atoms with Gasteiger partial charge in [-0.25, -0.2) is 0 Å². The Bertz CT molecular complexity index is 1090. The van der Waals surface area contributed by atoms with Crippen LogP contribution >= 0.6 is 0 Å². The Morgan fingerprint density at radius 3 is 2.58 bits per heavy atom. The third kappa shape index (κ3) is 3.54. The summed E-state index contributed by atoms with van der Waals surface area (Å²) in [7, 11) is 3.38. The second-order valence-corrected chi connectivity index (χ2v) is 7.56. The quantitative estimate of drug-likeness (QED) is 0.713. The minimum Gasteiger partial charge on any atom is -0.493 e. The number of benzene rings is 1. The molecule has 0 saturated carbocycles. The molecule has 0 fully saturated rings. The number of ether oxygens (including phenoxy) is 2. The summed E-state index contributed by atoms with van der Waals surface area (Å²) < 4.78 is 10.8. The van der Waals surface area contributed by atoms with Gasteiger partial charge in [0.05, 0.1) is 30.5 Å². The van der Waals surface area contributed by atoms with Crippen LogP contribution in [0.1, 0.15) is 11.5 Å². The van der Waals surface area contributed by atoms with Crippen molar-refractivity contribution in [2.75, 3.05) is 33.9 Å². The average Bonchev–Trinajstić information content (AvgIpc) is 2.77. The fourth-order valence-corrected chi connectivity index (χ4v) is 4.35. The van der Waals surface area contributed by atoms with Gasteiger partial charge < -0.3 is 25.8 Å². The molecular weight excluding hydrogens is 396 g/mol. The van der Waals surface area contributed by atoms with Gasteiger partial charge in [-0.2, -0.15) is 15.8 Å². The van der Waals surface area contributed by atoms with Crippen LogP contribution in [-0.2, 0) is 4.79 Å². The molecule has 9 heteroatoms. The number of primary amides is 1. The van der Waals surface area contributed by atoms with Crippen LogP contribution in [-0.4, -0.2) is 44.7 Å². The summed E-state index contributed by atoms with van der Waals surface area (Å²) in [5.74, 6) is -0.951. The Balaban J connectivity index is 2.21. The van der Waals surface area contributed by atoms with E-state index in [2.05, 4.69) is 23.1 Å². The lowest BCUT2D eigenvalue weighted by Crippen LogP contribution is -2.47. The van der Waals surface area contributed by atoms with E-state index in [1.807, 2.05) is 13.1 Å². The molecule has 1 aliphatic heterocycles. The van der Waals surface area contributed by atoms with Crippen molar-refractivity contribution in [3.8, 4) is 29.7 Å². The first-order chi connectivity index (χ1) is 14.8. The van der Waals surface area contributed by atoms with Gasteiger partial charge in [-0.1, -0.05) is 12.1 Å². The molecule has 1 unspecified atom stereocenters. The number of carbonyl (C=O) groups is 1. The smallest absolute Gasteiger partial charge is 0.255 e. The number of hydrogen-bond donors (Lipinski definition) is 2. The molecule has 2 atom stereocenters. The number of allylic oxidation sites excluding steroid dienone is 2. The molecule has 4 N–H and O–H groups in total. The zero-order valence-electron chi connectivity index (χ0n) is 17.3. The number of nitrogens with two attached hydrogens (primary N) is 2. The first-order valence-electron chi connectivity index (χ1n) is 9.53. The average molecular weight is 418 g/mol. The van der Waals surface area contributed by atoms with Gasteiger partial charge in [-0.15, -0.1) is 0 Å². The maximum absolute atomic E-state index is 11.1. The Labute approximate surface area is 180 Å². The van der Waals surface area contributed by atoms with Gasteiger partial charge in [0.25, 0.3) is 5.91 Å². The van der Waals surface area contributed by atoms with E-state index in [-0.39, 0.29) is 23.8 Å². The molecular formula is C22H22N6O3. The molecule has 3 rings (SSSR count). The fourth-order valence-electron chi connectivity index (χ4n) is 4.35. The van der Waals surface area contributed by atoms with Crippen molar-refractivity contribution in [2.24, 2.45) is 22.8 Å². The number of fused-ring (bicyclic) bond motifs is 1. The van der Waals surface area contributed by atoms with E-state index in [1.54, 1.807) is 18.2 Å². The van der Waals surface area contributed by atoms with Gasteiger partial charge in [0.1, 0.15) is 6.07 Å². The molecule has 0 radical (unpaired) electrons. The first kappa shape index (κ1) is 21.7. The van der Waals surface area contributed by atoms with Gasteiger partial charge in [0.2, 0.25) is 0 Å². The summed E-state index contributed by atoms with van der Waals surface area (Å²) in [6.45, 7) is 0.857. The highest BCUT2D eigenvalue weighted by Gasteiger charge is 2.54. The Morgan fingerprint density at radius 1 is 1.29 bits per heavy atom. The molecule has 1 aliphatic carbocycles. The molecule has 2 aliphatic rings. The van der Waals surface area contributed by atoms with Crippen LogP contribution in [0.25, 0.3) is 0 Å². The van der Waals surface area contributed by atoms with Gasteiger partial charge in [0.15, 0.2) is 23.5 Å². The summed E-state index contributed by atoms with van der Waals surface area (Å²) in [5.41, 5.74) is 11.3. The summed E-state index contributed by atoms with van der Waals surface area (Å²) in [4.78, 5) is 13.1. The number of nitriles is 3. The molecule has 1 amide bonds. The number of methoxy groups -OCH3 is 1. The van der Waals surface area contributed by atoms with Crippen molar-refractivity contribution < 1.29 is 14.3 Å². The van der Waals surface area contributed by atoms with E-state index in [4.69, 9.17) is 20.9 Å². The predicted molar refractivity (Wildman–Crippen MR) is 110 cm³/mol. The minimum atomic E-state index is -1.73. The van der Waals surface area contributed by atoms with Crippen LogP contribution in [0.5, 0.6) is 11.5 Å². The Kier molecular flexibility index (Phi) is 5.88. The Hall–Kier alpha value is -4.00. The third-order valence-electron chi connectivity index (χ3n) is 5.76. The molecule has 31 heavy (non-hydrogen) atoms. The van der Waals surface area contributed by atoms with E-state index in [0.717, 1.165) is 5.57 Å². The van der Waals surface area contributed by atoms with Crippen LogP contribution in [0.3, 0.4) is 0 Å². The molecule has 1 aromatic rings. The largest absolute Gasteiger partial charge is 0.493 e. The highest BCUT2D eigenvalue weighted by atomic mass is 16.5. The maximum atomic E-state index is 11.1. The second kappa shape index (κ2) is 8.39. The zero-order valence-corrected chi connectivity index (χ0v) is 17.3. The molecule has 0 aromatic heterocycles. The van der Waals surface area contributed by atoms with E-state index in [1.165, 1.54) is 7.11 Å². The molecule has 0 saturated heterocycles. The summed E-state index contributed by atoms with van der Waals surface area (Å²) in [5, 5.41) is 29.9. The molecule has 0 bridgehead atoms. The summed E-state index contributed by atoms with van der Waals surface area (Å²) >= 11 is 0. The zero-order chi connectivity index (χ0) is 22.8. The van der Waals surface area contributed by atoms with Crippen molar-refractivity contribution in [2.45, 2.75) is 5.92 Å². The number of likely N-dealkylation sites (N-methyl/N-ethyl adjacent to an activating group) is 1. The van der Waals surface area contributed by atoms with Crippen molar-refractivity contribution >= 4 is 5.91 Å². The lowest BCUT2D eigenvalue weighted by molar-refractivity contribution is -0.119. The number of hydrogen-bond acceptors (Lipinski definition) is 8. The van der Waals surface area contributed by atoms with E-state index >= 15 is 0 Å². The van der Waals surface area contributed by atoms with Crippen LogP contribution in [0.15, 0.2) is 41.1 Å². The molecule has 1 heterocycles. The molecule has 0 spiro atoms. The van der Waals surface area contributed by atoms with Gasteiger partial charge in [-0.3, -0.25) is 4.79 Å². The van der Waals surface area contributed by atoms with E-state index in [0.29, 0.717) is 30.2 Å². The standard InChI is InChI=1S/C22H22N6O3/c1-28-6-5-14-15(8-23)21(27)22(11-24,12-25)20(16(14)9-28)13-3-4-17(18(7-13)30-2)31-10-19(26)29/h3-5,7,16,20H,6,9-10,27H2,1-2H3,(H2,26,29)/t16?,20-/m0/s1. The van der Waals surface area contributed by atoms with Crippen molar-refractivity contribution in [1.82, 2.24) is 4.90 Å². The fraction of sp³-hybridized carbons (Fsp3) is 0.364. The lowest BCUT2D eigenvalue weighted by atomic mass is 9.58. The predicted octanol–water partition coefficient (Wildman–Crippen LogP) is 0.914.